The molecule has 4 rings (SSSR count). The molecule has 1 aliphatic rings. The first-order chi connectivity index (χ1) is 23.3. The van der Waals surface area contributed by atoms with Gasteiger partial charge in [-0.2, -0.15) is 13.2 Å². The molecule has 3 aromatic rings. The third-order valence-corrected chi connectivity index (χ3v) is 7.87. The van der Waals surface area contributed by atoms with E-state index in [1.54, 1.807) is 35.6 Å². The Morgan fingerprint density at radius 2 is 1.88 bits per heavy atom. The average Bonchev–Trinajstić information content (AvgIpc) is 3.07. The number of amides is 3. The number of methoxy groups -OCH3 is 1. The van der Waals surface area contributed by atoms with Gasteiger partial charge in [0.2, 0.25) is 0 Å². The Labute approximate surface area is 282 Å². The molecule has 0 unspecified atom stereocenters. The number of nitrogens with two attached hydrogens (primary N) is 1. The number of ether oxygens (including phenoxy) is 3. The molecule has 4 atom stereocenters. The lowest BCUT2D eigenvalue weighted by Gasteiger charge is -2.31. The third-order valence-electron chi connectivity index (χ3n) is 7.61. The smallest absolute Gasteiger partial charge is 0.421 e. The Morgan fingerprint density at radius 3 is 2.51 bits per heavy atom. The quantitative estimate of drug-likeness (QED) is 0.238. The molecule has 264 valence electrons. The van der Waals surface area contributed by atoms with Crippen LogP contribution in [0, 0.1) is 11.6 Å². The van der Waals surface area contributed by atoms with Crippen molar-refractivity contribution >= 4 is 35.4 Å². The summed E-state index contributed by atoms with van der Waals surface area (Å²) in [5.74, 6) is -3.36. The van der Waals surface area contributed by atoms with Crippen LogP contribution in [0.25, 0.3) is 0 Å². The summed E-state index contributed by atoms with van der Waals surface area (Å²) in [6.07, 6.45) is -5.30. The van der Waals surface area contributed by atoms with E-state index in [1.165, 1.54) is 18.2 Å². The molecular formula is C32H33ClF5N5O6. The number of morpholine rings is 1. The number of halogens is 6. The molecule has 4 N–H and O–H groups in total. The summed E-state index contributed by atoms with van der Waals surface area (Å²) in [4.78, 5) is 43.2. The van der Waals surface area contributed by atoms with E-state index in [-0.39, 0.29) is 43.9 Å². The Kier molecular flexibility index (Phi) is 12.9. The maximum atomic E-state index is 15.3. The highest BCUT2D eigenvalue weighted by Crippen LogP contribution is 2.32. The minimum atomic E-state index is -4.58. The first-order valence-electron chi connectivity index (χ1n) is 14.9. The summed E-state index contributed by atoms with van der Waals surface area (Å²) in [6.45, 7) is -1.56. The number of carbonyl (C=O) groups is 3. The summed E-state index contributed by atoms with van der Waals surface area (Å²) in [7, 11) is 1.03. The van der Waals surface area contributed by atoms with Gasteiger partial charge in [0.15, 0.2) is 0 Å². The molecule has 1 saturated heterocycles. The Hall–Kier alpha value is -4.38. The van der Waals surface area contributed by atoms with E-state index >= 15 is 4.39 Å². The Bertz CT molecular complexity index is 1610. The van der Waals surface area contributed by atoms with Gasteiger partial charge < -0.3 is 30.6 Å². The number of hydrogen-bond donors (Lipinski definition) is 3. The van der Waals surface area contributed by atoms with E-state index < -0.39 is 66.6 Å². The van der Waals surface area contributed by atoms with Crippen LogP contribution in [-0.2, 0) is 25.4 Å². The van der Waals surface area contributed by atoms with Crippen LogP contribution in [0.2, 0.25) is 5.02 Å². The topological polar surface area (TPSA) is 145 Å². The number of hydrogen-bond acceptors (Lipinski definition) is 9. The van der Waals surface area contributed by atoms with Gasteiger partial charge in [0.05, 0.1) is 50.0 Å². The minimum absolute atomic E-state index is 0.0245. The second-order valence-corrected chi connectivity index (χ2v) is 11.5. The number of pyridine rings is 1. The number of nitrogens with zero attached hydrogens (tertiary/aromatic N) is 2. The number of alkyl carbamates (subject to hydrolysis) is 1. The Morgan fingerprint density at radius 1 is 1.14 bits per heavy atom. The zero-order chi connectivity index (χ0) is 35.7. The normalized spacial score (nSPS) is 17.5. The van der Waals surface area contributed by atoms with Crippen LogP contribution in [0.15, 0.2) is 60.9 Å². The standard InChI is InChI=1S/C32H33ClF5N5O6/c1-47-31(46)43(29(44)28(39)27(18-5-7-20(33)8-6-18)19-3-2-4-21(34)11-19)26-14-40-13-25(35)24(26)10-9-23-12-41-22(15-48-23)16-49-30(45)42-17-32(36,37)38/h2-8,11,13-14,22-23,27-28,41H,9-10,12,15-17,39H2,1H3,(H,42,45)/t22-,23+,27-,28-/m0/s1. The SMILES string of the molecule is COC(=O)N(C(=O)[C@@H](N)[C@@H](c1ccc(Cl)cc1)c1cccc(F)c1)c1cncc(F)c1CC[C@@H]1CN[C@H](COC(=O)NCC(F)(F)F)CO1. The van der Waals surface area contributed by atoms with Crippen molar-refractivity contribution in [3.8, 4) is 0 Å². The molecular weight excluding hydrogens is 681 g/mol. The molecule has 0 spiro atoms. The van der Waals surface area contributed by atoms with Crippen LogP contribution in [-0.4, -0.2) is 80.9 Å². The van der Waals surface area contributed by atoms with E-state index in [9.17, 15) is 31.9 Å². The van der Waals surface area contributed by atoms with Crippen molar-refractivity contribution in [2.24, 2.45) is 5.73 Å². The van der Waals surface area contributed by atoms with Gasteiger partial charge in [0.25, 0.3) is 5.91 Å². The fourth-order valence-corrected chi connectivity index (χ4v) is 5.35. The summed E-state index contributed by atoms with van der Waals surface area (Å²) >= 11 is 6.06. The molecule has 11 nitrogen and oxygen atoms in total. The number of imide groups is 1. The zero-order valence-corrected chi connectivity index (χ0v) is 26.8. The molecule has 0 saturated carbocycles. The monoisotopic (exact) mass is 713 g/mol. The van der Waals surface area contributed by atoms with Gasteiger partial charge in [-0.3, -0.25) is 9.78 Å². The van der Waals surface area contributed by atoms with Crippen LogP contribution in [0.3, 0.4) is 0 Å². The van der Waals surface area contributed by atoms with Gasteiger partial charge in [-0.1, -0.05) is 35.9 Å². The predicted molar refractivity (Wildman–Crippen MR) is 167 cm³/mol. The molecule has 0 aliphatic carbocycles. The van der Waals surface area contributed by atoms with Crippen molar-refractivity contribution in [2.75, 3.05) is 38.3 Å². The van der Waals surface area contributed by atoms with E-state index in [2.05, 4.69) is 10.3 Å². The molecule has 2 heterocycles. The number of benzene rings is 2. The molecule has 3 amide bonds. The Balaban J connectivity index is 1.49. The fraction of sp³-hybridized carbons (Fsp3) is 0.375. The highest BCUT2D eigenvalue weighted by Gasteiger charge is 2.37. The van der Waals surface area contributed by atoms with Gasteiger partial charge >= 0.3 is 18.4 Å². The van der Waals surface area contributed by atoms with Crippen molar-refractivity contribution < 1.29 is 50.5 Å². The summed E-state index contributed by atoms with van der Waals surface area (Å²) in [6, 6.07) is 9.81. The van der Waals surface area contributed by atoms with E-state index in [0.29, 0.717) is 21.0 Å². The lowest BCUT2D eigenvalue weighted by atomic mass is 9.84. The molecule has 49 heavy (non-hydrogen) atoms. The summed E-state index contributed by atoms with van der Waals surface area (Å²) < 4.78 is 81.9. The largest absolute Gasteiger partial charge is 0.452 e. The van der Waals surface area contributed by atoms with Gasteiger partial charge in [-0.25, -0.2) is 23.3 Å². The van der Waals surface area contributed by atoms with Crippen molar-refractivity contribution in [1.82, 2.24) is 15.6 Å². The number of carbonyl (C=O) groups excluding carboxylic acids is 3. The van der Waals surface area contributed by atoms with Crippen LogP contribution in [0.1, 0.15) is 29.0 Å². The van der Waals surface area contributed by atoms with Gasteiger partial charge in [-0.15, -0.1) is 0 Å². The minimum Gasteiger partial charge on any atom is -0.452 e. The number of rotatable bonds is 11. The first kappa shape index (κ1) is 37.4. The number of alkyl halides is 3. The van der Waals surface area contributed by atoms with Crippen molar-refractivity contribution in [2.45, 2.75) is 43.1 Å². The fourth-order valence-electron chi connectivity index (χ4n) is 5.22. The van der Waals surface area contributed by atoms with Gasteiger partial charge in [-0.05, 0) is 48.2 Å². The van der Waals surface area contributed by atoms with E-state index in [1.807, 2.05) is 0 Å². The van der Waals surface area contributed by atoms with E-state index in [0.717, 1.165) is 19.5 Å². The summed E-state index contributed by atoms with van der Waals surface area (Å²) in [5.41, 5.74) is 7.07. The zero-order valence-electron chi connectivity index (χ0n) is 26.0. The lowest BCUT2D eigenvalue weighted by molar-refractivity contribution is -0.124. The predicted octanol–water partition coefficient (Wildman–Crippen LogP) is 4.85. The van der Waals surface area contributed by atoms with Crippen LogP contribution >= 0.6 is 11.6 Å². The molecule has 1 aromatic heterocycles. The molecule has 0 bridgehead atoms. The molecule has 1 aliphatic heterocycles. The van der Waals surface area contributed by atoms with Crippen molar-refractivity contribution in [3.63, 3.8) is 0 Å². The van der Waals surface area contributed by atoms with Crippen LogP contribution in [0.5, 0.6) is 0 Å². The van der Waals surface area contributed by atoms with Gasteiger partial charge in [0, 0.05) is 23.0 Å². The average molecular weight is 714 g/mol. The van der Waals surface area contributed by atoms with E-state index in [4.69, 9.17) is 31.5 Å². The van der Waals surface area contributed by atoms with Gasteiger partial charge in [0.1, 0.15) is 24.8 Å². The molecule has 1 fully saturated rings. The maximum Gasteiger partial charge on any atom is 0.421 e. The highest BCUT2D eigenvalue weighted by atomic mass is 35.5. The second-order valence-electron chi connectivity index (χ2n) is 11.0. The molecule has 17 heteroatoms. The lowest BCUT2D eigenvalue weighted by Crippen LogP contribution is -2.50. The molecule has 0 radical (unpaired) electrons. The van der Waals surface area contributed by atoms with Crippen LogP contribution in [0.4, 0.5) is 37.2 Å². The first-order valence-corrected chi connectivity index (χ1v) is 15.3. The van der Waals surface area contributed by atoms with Crippen molar-refractivity contribution in [3.05, 3.63) is 94.3 Å². The highest BCUT2D eigenvalue weighted by molar-refractivity contribution is 6.30. The second kappa shape index (κ2) is 16.8. The maximum absolute atomic E-state index is 15.3. The number of aromatic nitrogens is 1. The van der Waals surface area contributed by atoms with Crippen LogP contribution < -0.4 is 21.3 Å². The third kappa shape index (κ3) is 10.3. The number of nitrogens with one attached hydrogen (secondary N) is 2. The summed E-state index contributed by atoms with van der Waals surface area (Å²) in [5, 5.41) is 5.05. The van der Waals surface area contributed by atoms with Crippen molar-refractivity contribution in [1.29, 1.82) is 0 Å². The number of anilines is 1. The molecule has 2 aromatic carbocycles.